The summed E-state index contributed by atoms with van der Waals surface area (Å²) in [6, 6.07) is 4.90. The summed E-state index contributed by atoms with van der Waals surface area (Å²) < 4.78 is 42.0. The average molecular weight is 327 g/mol. The average Bonchev–Trinajstić information content (AvgIpc) is 2.92. The fourth-order valence-corrected chi connectivity index (χ4v) is 3.42. The van der Waals surface area contributed by atoms with E-state index in [0.29, 0.717) is 6.42 Å². The Morgan fingerprint density at radius 3 is 2.64 bits per heavy atom. The van der Waals surface area contributed by atoms with E-state index in [1.165, 1.54) is 35.3 Å². The lowest BCUT2D eigenvalue weighted by Gasteiger charge is -2.23. The molecule has 0 aliphatic heterocycles. The van der Waals surface area contributed by atoms with E-state index in [1.54, 1.807) is 20.0 Å². The van der Waals surface area contributed by atoms with Gasteiger partial charge in [-0.1, -0.05) is 25.1 Å². The van der Waals surface area contributed by atoms with Crippen LogP contribution in [0.1, 0.15) is 25.0 Å². The minimum absolute atomic E-state index is 0.00539. The van der Waals surface area contributed by atoms with Gasteiger partial charge in [0.1, 0.15) is 10.7 Å². The summed E-state index contributed by atoms with van der Waals surface area (Å²) in [6.07, 6.45) is 1.59. The van der Waals surface area contributed by atoms with Gasteiger partial charge < -0.3 is 5.11 Å². The maximum atomic E-state index is 13.7. The minimum atomic E-state index is -3.83. The quantitative estimate of drug-likeness (QED) is 0.839. The first-order valence-electron chi connectivity index (χ1n) is 6.78. The third-order valence-electron chi connectivity index (χ3n) is 3.34. The molecule has 0 spiro atoms. The fourth-order valence-electron chi connectivity index (χ4n) is 2.11. The molecule has 1 heterocycles. The molecule has 1 aromatic heterocycles. The first-order valence-corrected chi connectivity index (χ1v) is 8.27. The topological polar surface area (TPSA) is 84.2 Å². The highest BCUT2D eigenvalue weighted by Gasteiger charge is 2.27. The molecule has 0 fully saturated rings. The second-order valence-corrected chi connectivity index (χ2v) is 6.67. The number of nitrogens with one attached hydrogen (secondary N) is 1. The van der Waals surface area contributed by atoms with Gasteiger partial charge in [-0.05, 0) is 12.5 Å². The van der Waals surface area contributed by atoms with Crippen molar-refractivity contribution in [1.82, 2.24) is 14.5 Å². The molecular weight excluding hydrogens is 309 g/mol. The number of halogens is 1. The Hall–Kier alpha value is -1.77. The van der Waals surface area contributed by atoms with Crippen LogP contribution >= 0.6 is 0 Å². The van der Waals surface area contributed by atoms with Crippen LogP contribution in [0.4, 0.5) is 4.39 Å². The van der Waals surface area contributed by atoms with Gasteiger partial charge in [0.2, 0.25) is 10.0 Å². The maximum Gasteiger partial charge on any atom is 0.244 e. The summed E-state index contributed by atoms with van der Waals surface area (Å²) in [5, 5.41) is 14.1. The van der Waals surface area contributed by atoms with Crippen LogP contribution in [0, 0.1) is 5.82 Å². The largest absolute Gasteiger partial charge is 0.387 e. The van der Waals surface area contributed by atoms with Crippen molar-refractivity contribution in [2.45, 2.75) is 30.4 Å². The highest BCUT2D eigenvalue weighted by molar-refractivity contribution is 7.89. The van der Waals surface area contributed by atoms with E-state index in [4.69, 9.17) is 0 Å². The number of nitrogens with zero attached hydrogens (tertiary/aromatic N) is 2. The molecule has 0 saturated carbocycles. The van der Waals surface area contributed by atoms with Crippen LogP contribution in [0.25, 0.3) is 0 Å². The lowest BCUT2D eigenvalue weighted by Crippen LogP contribution is -2.39. The molecule has 0 unspecified atom stereocenters. The molecule has 2 rings (SSSR count). The summed E-state index contributed by atoms with van der Waals surface area (Å²) in [7, 11) is -2.23. The number of aliphatic hydroxyl groups excluding tert-OH is 1. The van der Waals surface area contributed by atoms with Crippen molar-refractivity contribution in [3.8, 4) is 0 Å². The Morgan fingerprint density at radius 2 is 2.09 bits per heavy atom. The van der Waals surface area contributed by atoms with Gasteiger partial charge >= 0.3 is 0 Å². The molecule has 2 aromatic rings. The third kappa shape index (κ3) is 3.52. The molecule has 22 heavy (non-hydrogen) atoms. The van der Waals surface area contributed by atoms with Gasteiger partial charge in [0.25, 0.3) is 0 Å². The van der Waals surface area contributed by atoms with Crippen LogP contribution in [0.5, 0.6) is 0 Å². The summed E-state index contributed by atoms with van der Waals surface area (Å²) in [5.41, 5.74) is 0.0586. The number of hydrogen-bond donors (Lipinski definition) is 2. The van der Waals surface area contributed by atoms with E-state index in [-0.39, 0.29) is 10.5 Å². The molecule has 2 atom stereocenters. The number of benzene rings is 1. The van der Waals surface area contributed by atoms with E-state index in [1.807, 2.05) is 0 Å². The number of aromatic nitrogens is 2. The second kappa shape index (κ2) is 6.55. The summed E-state index contributed by atoms with van der Waals surface area (Å²) in [4.78, 5) is -0.00539. The summed E-state index contributed by atoms with van der Waals surface area (Å²) in [5.74, 6) is -0.575. The zero-order valence-corrected chi connectivity index (χ0v) is 13.1. The Labute approximate surface area is 128 Å². The number of hydrogen-bond acceptors (Lipinski definition) is 4. The predicted molar refractivity (Wildman–Crippen MR) is 79.0 cm³/mol. The van der Waals surface area contributed by atoms with E-state index < -0.39 is 28.0 Å². The molecule has 0 aliphatic carbocycles. The Kier molecular flexibility index (Phi) is 4.94. The van der Waals surface area contributed by atoms with Crippen molar-refractivity contribution in [3.05, 3.63) is 48.0 Å². The van der Waals surface area contributed by atoms with Gasteiger partial charge in [-0.3, -0.25) is 4.68 Å². The summed E-state index contributed by atoms with van der Waals surface area (Å²) in [6.45, 7) is 1.71. The Morgan fingerprint density at radius 1 is 1.41 bits per heavy atom. The molecule has 0 radical (unpaired) electrons. The molecule has 1 aromatic carbocycles. The SMILES string of the molecule is CC[C@@H](NS(=O)(=O)c1cnn(C)c1)[C@@H](O)c1ccccc1F. The Bertz CT molecular complexity index is 745. The van der Waals surface area contributed by atoms with Crippen molar-refractivity contribution in [1.29, 1.82) is 0 Å². The first kappa shape index (κ1) is 16.6. The molecule has 120 valence electrons. The molecule has 2 N–H and O–H groups in total. The van der Waals surface area contributed by atoms with E-state index in [9.17, 15) is 17.9 Å². The van der Waals surface area contributed by atoms with Crippen LogP contribution in [0.3, 0.4) is 0 Å². The number of aliphatic hydroxyl groups is 1. The minimum Gasteiger partial charge on any atom is -0.387 e. The highest BCUT2D eigenvalue weighted by Crippen LogP contribution is 2.23. The first-order chi connectivity index (χ1) is 10.3. The zero-order chi connectivity index (χ0) is 16.3. The van der Waals surface area contributed by atoms with Crippen molar-refractivity contribution >= 4 is 10.0 Å². The van der Waals surface area contributed by atoms with E-state index in [2.05, 4.69) is 9.82 Å². The molecule has 0 bridgehead atoms. The lowest BCUT2D eigenvalue weighted by atomic mass is 10.0. The van der Waals surface area contributed by atoms with Gasteiger partial charge in [0.05, 0.1) is 18.3 Å². The van der Waals surface area contributed by atoms with E-state index in [0.717, 1.165) is 0 Å². The third-order valence-corrected chi connectivity index (χ3v) is 4.79. The molecular formula is C14H18FN3O3S. The van der Waals surface area contributed by atoms with Crippen LogP contribution < -0.4 is 4.72 Å². The van der Waals surface area contributed by atoms with Gasteiger partial charge in [0, 0.05) is 18.8 Å². The van der Waals surface area contributed by atoms with Crippen LogP contribution in [0.15, 0.2) is 41.6 Å². The van der Waals surface area contributed by atoms with Crippen molar-refractivity contribution < 1.29 is 17.9 Å². The second-order valence-electron chi connectivity index (χ2n) is 4.95. The van der Waals surface area contributed by atoms with Crippen molar-refractivity contribution in [3.63, 3.8) is 0 Å². The smallest absolute Gasteiger partial charge is 0.244 e. The van der Waals surface area contributed by atoms with Crippen LogP contribution in [-0.2, 0) is 17.1 Å². The fraction of sp³-hybridized carbons (Fsp3) is 0.357. The van der Waals surface area contributed by atoms with Gasteiger partial charge in [-0.2, -0.15) is 5.10 Å². The maximum absolute atomic E-state index is 13.7. The van der Waals surface area contributed by atoms with Crippen LogP contribution in [-0.4, -0.2) is 29.3 Å². The summed E-state index contributed by atoms with van der Waals surface area (Å²) >= 11 is 0. The van der Waals surface area contributed by atoms with Crippen molar-refractivity contribution in [2.75, 3.05) is 0 Å². The molecule has 0 amide bonds. The number of aryl methyl sites for hydroxylation is 1. The molecule has 0 saturated heterocycles. The van der Waals surface area contributed by atoms with Crippen LogP contribution in [0.2, 0.25) is 0 Å². The molecule has 0 aliphatic rings. The molecule has 8 heteroatoms. The van der Waals surface area contributed by atoms with Gasteiger partial charge in [-0.25, -0.2) is 17.5 Å². The standard InChI is InChI=1S/C14H18FN3O3S/c1-3-13(14(19)11-6-4-5-7-12(11)15)17-22(20,21)10-8-16-18(2)9-10/h4-9,13-14,17,19H,3H2,1-2H3/t13-,14+/m1/s1. The zero-order valence-electron chi connectivity index (χ0n) is 12.3. The van der Waals surface area contributed by atoms with E-state index >= 15 is 0 Å². The lowest BCUT2D eigenvalue weighted by molar-refractivity contribution is 0.133. The predicted octanol–water partition coefficient (Wildman–Crippen LogP) is 1.35. The van der Waals surface area contributed by atoms with Gasteiger partial charge in [-0.15, -0.1) is 0 Å². The highest BCUT2D eigenvalue weighted by atomic mass is 32.2. The normalized spacial score (nSPS) is 14.7. The monoisotopic (exact) mass is 327 g/mol. The van der Waals surface area contributed by atoms with Gasteiger partial charge in [0.15, 0.2) is 0 Å². The number of rotatable bonds is 6. The van der Waals surface area contributed by atoms with Crippen molar-refractivity contribution in [2.24, 2.45) is 7.05 Å². The molecule has 6 nitrogen and oxygen atoms in total. The Balaban J connectivity index is 2.24. The number of sulfonamides is 1.